The number of ether oxygens (including phenoxy) is 1. The molecular formula is C13H12N4O. The summed E-state index contributed by atoms with van der Waals surface area (Å²) in [5.74, 6) is 1.22. The van der Waals surface area contributed by atoms with Crippen molar-refractivity contribution in [3.8, 4) is 11.6 Å². The van der Waals surface area contributed by atoms with E-state index in [0.717, 1.165) is 17.9 Å². The lowest BCUT2D eigenvalue weighted by Crippen LogP contribution is -1.95. The smallest absolute Gasteiger partial charge is 0.250 e. The highest BCUT2D eigenvalue weighted by atomic mass is 16.5. The van der Waals surface area contributed by atoms with Gasteiger partial charge in [-0.15, -0.1) is 0 Å². The molecule has 1 aromatic carbocycles. The molecule has 0 fully saturated rings. The maximum Gasteiger partial charge on any atom is 0.250 e. The van der Waals surface area contributed by atoms with Gasteiger partial charge in [-0.25, -0.2) is 9.97 Å². The lowest BCUT2D eigenvalue weighted by atomic mass is 10.3. The van der Waals surface area contributed by atoms with Gasteiger partial charge in [-0.1, -0.05) is 18.2 Å². The average Bonchev–Trinajstić information content (AvgIpc) is 2.84. The maximum atomic E-state index is 5.72. The summed E-state index contributed by atoms with van der Waals surface area (Å²) in [7, 11) is 0. The van der Waals surface area contributed by atoms with Gasteiger partial charge in [-0.05, 0) is 19.1 Å². The predicted molar refractivity (Wildman–Crippen MR) is 67.5 cm³/mol. The molecule has 2 heterocycles. The normalized spacial score (nSPS) is 10.7. The molecule has 0 aliphatic carbocycles. The van der Waals surface area contributed by atoms with E-state index >= 15 is 0 Å². The molecule has 3 rings (SSSR count). The van der Waals surface area contributed by atoms with E-state index in [2.05, 4.69) is 15.0 Å². The number of hydrogen-bond acceptors (Lipinski definition) is 4. The number of benzene rings is 1. The average molecular weight is 240 g/mol. The van der Waals surface area contributed by atoms with Crippen molar-refractivity contribution in [2.75, 3.05) is 0 Å². The molecule has 0 bridgehead atoms. The van der Waals surface area contributed by atoms with Crippen LogP contribution in [0.15, 0.2) is 43.0 Å². The first-order valence-corrected chi connectivity index (χ1v) is 5.77. The summed E-state index contributed by atoms with van der Waals surface area (Å²) in [5.41, 5.74) is 1.47. The summed E-state index contributed by atoms with van der Waals surface area (Å²) in [6, 6.07) is 9.53. The third-order valence-electron chi connectivity index (χ3n) is 2.67. The Kier molecular flexibility index (Phi) is 2.64. The first-order chi connectivity index (χ1) is 8.88. The molecule has 5 heteroatoms. The lowest BCUT2D eigenvalue weighted by molar-refractivity contribution is 0.467. The highest BCUT2D eigenvalue weighted by Gasteiger charge is 2.10. The Morgan fingerprint density at radius 3 is 2.72 bits per heavy atom. The highest BCUT2D eigenvalue weighted by Crippen LogP contribution is 2.24. The second kappa shape index (κ2) is 4.44. The third-order valence-corrected chi connectivity index (χ3v) is 2.67. The Morgan fingerprint density at radius 1 is 1.11 bits per heavy atom. The van der Waals surface area contributed by atoms with E-state index in [1.54, 1.807) is 6.33 Å². The van der Waals surface area contributed by atoms with Crippen LogP contribution in [0.1, 0.15) is 6.92 Å². The molecule has 0 unspecified atom stereocenters. The van der Waals surface area contributed by atoms with E-state index in [-0.39, 0.29) is 0 Å². The quantitative estimate of drug-likeness (QED) is 0.706. The third kappa shape index (κ3) is 1.79. The summed E-state index contributed by atoms with van der Waals surface area (Å²) in [6.07, 6.45) is 3.24. The van der Waals surface area contributed by atoms with Gasteiger partial charge >= 0.3 is 0 Å². The number of imidazole rings is 1. The number of rotatable bonds is 3. The Labute approximate surface area is 104 Å². The molecular weight excluding hydrogens is 228 g/mol. The van der Waals surface area contributed by atoms with Crippen molar-refractivity contribution in [3.05, 3.63) is 43.0 Å². The fourth-order valence-electron chi connectivity index (χ4n) is 1.77. The van der Waals surface area contributed by atoms with Crippen molar-refractivity contribution in [1.29, 1.82) is 0 Å². The minimum absolute atomic E-state index is 0.485. The zero-order chi connectivity index (χ0) is 12.4. The van der Waals surface area contributed by atoms with Crippen LogP contribution in [-0.2, 0) is 6.54 Å². The van der Waals surface area contributed by atoms with E-state index in [4.69, 9.17) is 4.74 Å². The van der Waals surface area contributed by atoms with Crippen LogP contribution < -0.4 is 4.74 Å². The van der Waals surface area contributed by atoms with Gasteiger partial charge in [0.15, 0.2) is 11.2 Å². The summed E-state index contributed by atoms with van der Waals surface area (Å²) in [4.78, 5) is 12.7. The number of hydrogen-bond donors (Lipinski definition) is 0. The minimum Gasteiger partial charge on any atom is -0.437 e. The number of nitrogens with zero attached hydrogens (tertiary/aromatic N) is 4. The fraction of sp³-hybridized carbons (Fsp3) is 0.154. The standard InChI is InChI=1S/C13H12N4O/c1-2-17-9-16-11-12(17)14-8-15-13(11)18-10-6-4-3-5-7-10/h3-9H,2H2,1H3. The fourth-order valence-corrected chi connectivity index (χ4v) is 1.77. The molecule has 5 nitrogen and oxygen atoms in total. The molecule has 0 radical (unpaired) electrons. The summed E-state index contributed by atoms with van der Waals surface area (Å²) in [6.45, 7) is 2.86. The van der Waals surface area contributed by atoms with E-state index in [1.807, 2.05) is 41.8 Å². The van der Waals surface area contributed by atoms with Gasteiger partial charge in [-0.2, -0.15) is 4.98 Å². The largest absolute Gasteiger partial charge is 0.437 e. The number of para-hydroxylation sites is 1. The van der Waals surface area contributed by atoms with Crippen molar-refractivity contribution in [2.45, 2.75) is 13.5 Å². The summed E-state index contributed by atoms with van der Waals surface area (Å²) in [5, 5.41) is 0. The molecule has 0 atom stereocenters. The van der Waals surface area contributed by atoms with Gasteiger partial charge in [0, 0.05) is 6.54 Å². The van der Waals surface area contributed by atoms with Crippen LogP contribution in [0.5, 0.6) is 11.6 Å². The van der Waals surface area contributed by atoms with Crippen LogP contribution in [-0.4, -0.2) is 19.5 Å². The zero-order valence-corrected chi connectivity index (χ0v) is 9.95. The van der Waals surface area contributed by atoms with Crippen molar-refractivity contribution >= 4 is 11.2 Å². The van der Waals surface area contributed by atoms with Crippen molar-refractivity contribution in [3.63, 3.8) is 0 Å². The molecule has 0 spiro atoms. The molecule has 0 saturated carbocycles. The SMILES string of the molecule is CCn1cnc2c(Oc3ccccc3)ncnc21. The van der Waals surface area contributed by atoms with Gasteiger partial charge in [-0.3, -0.25) is 0 Å². The summed E-state index contributed by atoms with van der Waals surface area (Å²) >= 11 is 0. The Hall–Kier alpha value is -2.43. The maximum absolute atomic E-state index is 5.72. The first kappa shape index (κ1) is 10.7. The zero-order valence-electron chi connectivity index (χ0n) is 9.95. The number of aromatic nitrogens is 4. The van der Waals surface area contributed by atoms with Gasteiger partial charge in [0.05, 0.1) is 6.33 Å². The summed E-state index contributed by atoms with van der Waals surface area (Å²) < 4.78 is 7.68. The molecule has 90 valence electrons. The molecule has 18 heavy (non-hydrogen) atoms. The Morgan fingerprint density at radius 2 is 1.94 bits per heavy atom. The lowest BCUT2D eigenvalue weighted by Gasteiger charge is -2.04. The monoisotopic (exact) mass is 240 g/mol. The highest BCUT2D eigenvalue weighted by molar-refractivity contribution is 5.76. The van der Waals surface area contributed by atoms with Gasteiger partial charge in [0.1, 0.15) is 12.1 Å². The van der Waals surface area contributed by atoms with E-state index in [1.165, 1.54) is 6.33 Å². The Balaban J connectivity index is 2.05. The van der Waals surface area contributed by atoms with E-state index in [0.29, 0.717) is 11.4 Å². The molecule has 2 aromatic heterocycles. The molecule has 3 aromatic rings. The van der Waals surface area contributed by atoms with Crippen LogP contribution in [0.4, 0.5) is 0 Å². The van der Waals surface area contributed by atoms with Crippen LogP contribution in [0.3, 0.4) is 0 Å². The molecule has 0 aliphatic heterocycles. The van der Waals surface area contributed by atoms with Crippen molar-refractivity contribution in [1.82, 2.24) is 19.5 Å². The topological polar surface area (TPSA) is 52.8 Å². The Bertz CT molecular complexity index is 663. The van der Waals surface area contributed by atoms with Gasteiger partial charge in [0.2, 0.25) is 0 Å². The van der Waals surface area contributed by atoms with Crippen LogP contribution in [0, 0.1) is 0 Å². The van der Waals surface area contributed by atoms with Gasteiger partial charge in [0.25, 0.3) is 5.88 Å². The number of aryl methyl sites for hydroxylation is 1. The molecule has 0 saturated heterocycles. The number of fused-ring (bicyclic) bond motifs is 1. The molecule has 0 aliphatic rings. The van der Waals surface area contributed by atoms with Gasteiger partial charge < -0.3 is 9.30 Å². The van der Waals surface area contributed by atoms with Crippen LogP contribution in [0.25, 0.3) is 11.2 Å². The second-order valence-corrected chi connectivity index (χ2v) is 3.80. The van der Waals surface area contributed by atoms with Crippen molar-refractivity contribution in [2.24, 2.45) is 0 Å². The predicted octanol–water partition coefficient (Wildman–Crippen LogP) is 2.64. The second-order valence-electron chi connectivity index (χ2n) is 3.80. The van der Waals surface area contributed by atoms with Crippen molar-refractivity contribution < 1.29 is 4.74 Å². The first-order valence-electron chi connectivity index (χ1n) is 5.77. The van der Waals surface area contributed by atoms with Crippen LogP contribution >= 0.6 is 0 Å². The van der Waals surface area contributed by atoms with E-state index < -0.39 is 0 Å². The molecule has 0 N–H and O–H groups in total. The van der Waals surface area contributed by atoms with Crippen LogP contribution in [0.2, 0.25) is 0 Å². The minimum atomic E-state index is 0.485. The van der Waals surface area contributed by atoms with E-state index in [9.17, 15) is 0 Å². The molecule has 0 amide bonds.